The summed E-state index contributed by atoms with van der Waals surface area (Å²) in [6, 6.07) is 12.1. The molecule has 1 aromatic carbocycles. The lowest BCUT2D eigenvalue weighted by atomic mass is 10.0. The van der Waals surface area contributed by atoms with Crippen molar-refractivity contribution >= 4 is 17.7 Å². The molecule has 1 amide bonds. The first-order valence-electron chi connectivity index (χ1n) is 9.96. The van der Waals surface area contributed by atoms with Crippen molar-refractivity contribution in [2.75, 3.05) is 12.3 Å². The Morgan fingerprint density at radius 2 is 2.00 bits per heavy atom. The van der Waals surface area contributed by atoms with Crippen molar-refractivity contribution in [3.8, 4) is 17.1 Å². The zero-order chi connectivity index (χ0) is 20.6. The number of benzene rings is 1. The minimum Gasteiger partial charge on any atom is -0.355 e. The van der Waals surface area contributed by atoms with E-state index in [1.807, 2.05) is 28.8 Å². The summed E-state index contributed by atoms with van der Waals surface area (Å²) in [5.74, 6) is 1.38. The topological polar surface area (TPSA) is 72.7 Å². The summed E-state index contributed by atoms with van der Waals surface area (Å²) < 4.78 is 2.04. The average Bonchev–Trinajstić information content (AvgIpc) is 3.17. The maximum atomic E-state index is 12.2. The molecule has 6 nitrogen and oxygen atoms in total. The Kier molecular flexibility index (Phi) is 7.41. The zero-order valence-electron chi connectivity index (χ0n) is 17.1. The molecule has 2 heterocycles. The molecule has 152 valence electrons. The standard InChI is InChI=1S/C22H27N5OS/c1-4-5-13-24-20(28)15-29-22-26-25-21(17-9-8-12-23-14-17)27(22)19-11-7-6-10-18(19)16(2)3/h6-12,14,16H,4-5,13,15H2,1-3H3,(H,24,28). The lowest BCUT2D eigenvalue weighted by Crippen LogP contribution is -2.26. The number of aromatic nitrogens is 4. The predicted octanol–water partition coefficient (Wildman–Crippen LogP) is 4.46. The lowest BCUT2D eigenvalue weighted by molar-refractivity contribution is -0.118. The van der Waals surface area contributed by atoms with E-state index in [4.69, 9.17) is 0 Å². The van der Waals surface area contributed by atoms with Gasteiger partial charge in [0.15, 0.2) is 11.0 Å². The Morgan fingerprint density at radius 3 is 2.72 bits per heavy atom. The van der Waals surface area contributed by atoms with Gasteiger partial charge in [0.2, 0.25) is 5.91 Å². The molecule has 0 fully saturated rings. The van der Waals surface area contributed by atoms with Crippen molar-refractivity contribution in [3.05, 3.63) is 54.4 Å². The average molecular weight is 410 g/mol. The molecule has 1 N–H and O–H groups in total. The molecule has 7 heteroatoms. The summed E-state index contributed by atoms with van der Waals surface area (Å²) in [6.07, 6.45) is 5.56. The van der Waals surface area contributed by atoms with Gasteiger partial charge in [-0.25, -0.2) is 0 Å². The molecule has 0 unspecified atom stereocenters. The molecule has 0 saturated heterocycles. The summed E-state index contributed by atoms with van der Waals surface area (Å²) in [7, 11) is 0. The summed E-state index contributed by atoms with van der Waals surface area (Å²) in [5.41, 5.74) is 3.12. The molecule has 0 spiro atoms. The first-order valence-corrected chi connectivity index (χ1v) is 10.9. The highest BCUT2D eigenvalue weighted by Crippen LogP contribution is 2.31. The number of nitrogens with one attached hydrogen (secondary N) is 1. The molecule has 0 radical (unpaired) electrons. The fourth-order valence-electron chi connectivity index (χ4n) is 3.03. The molecule has 29 heavy (non-hydrogen) atoms. The molecule has 0 atom stereocenters. The zero-order valence-corrected chi connectivity index (χ0v) is 17.9. The maximum absolute atomic E-state index is 12.2. The van der Waals surface area contributed by atoms with Crippen molar-refractivity contribution in [1.29, 1.82) is 0 Å². The fraction of sp³-hybridized carbons (Fsp3) is 0.364. The van der Waals surface area contributed by atoms with Crippen LogP contribution in [0.25, 0.3) is 17.1 Å². The normalized spacial score (nSPS) is 11.0. The maximum Gasteiger partial charge on any atom is 0.230 e. The Hall–Kier alpha value is -2.67. The van der Waals surface area contributed by atoms with Crippen LogP contribution in [0.3, 0.4) is 0 Å². The van der Waals surface area contributed by atoms with Crippen LogP contribution in [0, 0.1) is 0 Å². The van der Waals surface area contributed by atoms with Crippen LogP contribution in [0.15, 0.2) is 53.9 Å². The minimum atomic E-state index is 0.0121. The predicted molar refractivity (Wildman–Crippen MR) is 117 cm³/mol. The van der Waals surface area contributed by atoms with E-state index in [-0.39, 0.29) is 5.91 Å². The van der Waals surface area contributed by atoms with E-state index in [1.54, 1.807) is 12.4 Å². The number of unbranched alkanes of at least 4 members (excludes halogenated alkanes) is 1. The quantitative estimate of drug-likeness (QED) is 0.417. The Labute approximate surface area is 176 Å². The van der Waals surface area contributed by atoms with Gasteiger partial charge in [0, 0.05) is 24.5 Å². The third-order valence-corrected chi connectivity index (χ3v) is 5.47. The fourth-order valence-corrected chi connectivity index (χ4v) is 3.80. The van der Waals surface area contributed by atoms with Crippen LogP contribution in [-0.4, -0.2) is 38.0 Å². The molecule has 3 aromatic rings. The molecule has 0 saturated carbocycles. The highest BCUT2D eigenvalue weighted by atomic mass is 32.2. The second kappa shape index (κ2) is 10.2. The number of hydrogen-bond acceptors (Lipinski definition) is 5. The van der Waals surface area contributed by atoms with Gasteiger partial charge in [-0.2, -0.15) is 0 Å². The number of amides is 1. The number of para-hydroxylation sites is 1. The van der Waals surface area contributed by atoms with Gasteiger partial charge in [-0.3, -0.25) is 14.3 Å². The van der Waals surface area contributed by atoms with Gasteiger partial charge in [0.05, 0.1) is 11.4 Å². The van der Waals surface area contributed by atoms with Crippen LogP contribution in [-0.2, 0) is 4.79 Å². The van der Waals surface area contributed by atoms with E-state index < -0.39 is 0 Å². The lowest BCUT2D eigenvalue weighted by Gasteiger charge is -2.16. The molecule has 0 aliphatic heterocycles. The molecular weight excluding hydrogens is 382 g/mol. The third kappa shape index (κ3) is 5.23. The largest absolute Gasteiger partial charge is 0.355 e. The second-order valence-electron chi connectivity index (χ2n) is 7.09. The van der Waals surface area contributed by atoms with Crippen LogP contribution in [0.4, 0.5) is 0 Å². The van der Waals surface area contributed by atoms with Crippen molar-refractivity contribution in [1.82, 2.24) is 25.1 Å². The van der Waals surface area contributed by atoms with E-state index in [2.05, 4.69) is 53.4 Å². The van der Waals surface area contributed by atoms with Crippen molar-refractivity contribution in [2.45, 2.75) is 44.7 Å². The first kappa shape index (κ1) is 21.0. The van der Waals surface area contributed by atoms with Crippen molar-refractivity contribution in [2.24, 2.45) is 0 Å². The second-order valence-corrected chi connectivity index (χ2v) is 8.03. The number of thioether (sulfide) groups is 1. The van der Waals surface area contributed by atoms with E-state index in [0.29, 0.717) is 23.4 Å². The molecular formula is C22H27N5OS. The highest BCUT2D eigenvalue weighted by Gasteiger charge is 2.20. The summed E-state index contributed by atoms with van der Waals surface area (Å²) in [5, 5.41) is 12.5. The smallest absolute Gasteiger partial charge is 0.230 e. The van der Waals surface area contributed by atoms with Gasteiger partial charge >= 0.3 is 0 Å². The molecule has 2 aromatic heterocycles. The van der Waals surface area contributed by atoms with Crippen LogP contribution < -0.4 is 5.32 Å². The highest BCUT2D eigenvalue weighted by molar-refractivity contribution is 7.99. The number of carbonyl (C=O) groups is 1. The van der Waals surface area contributed by atoms with E-state index in [1.165, 1.54) is 17.3 Å². The molecule has 0 aliphatic rings. The summed E-state index contributed by atoms with van der Waals surface area (Å²) in [4.78, 5) is 16.4. The van der Waals surface area contributed by atoms with Crippen LogP contribution in [0.5, 0.6) is 0 Å². The van der Waals surface area contributed by atoms with Crippen LogP contribution >= 0.6 is 11.8 Å². The third-order valence-electron chi connectivity index (χ3n) is 4.54. The number of hydrogen-bond donors (Lipinski definition) is 1. The Morgan fingerprint density at radius 1 is 1.17 bits per heavy atom. The van der Waals surface area contributed by atoms with Gasteiger partial charge in [-0.15, -0.1) is 10.2 Å². The molecule has 3 rings (SSSR count). The summed E-state index contributed by atoms with van der Waals surface area (Å²) >= 11 is 1.40. The van der Waals surface area contributed by atoms with E-state index >= 15 is 0 Å². The molecule has 0 bridgehead atoms. The minimum absolute atomic E-state index is 0.0121. The van der Waals surface area contributed by atoms with Gasteiger partial charge in [0.25, 0.3) is 0 Å². The van der Waals surface area contributed by atoms with E-state index in [0.717, 1.165) is 29.9 Å². The van der Waals surface area contributed by atoms with Crippen molar-refractivity contribution < 1.29 is 4.79 Å². The van der Waals surface area contributed by atoms with Crippen molar-refractivity contribution in [3.63, 3.8) is 0 Å². The van der Waals surface area contributed by atoms with Gasteiger partial charge in [-0.05, 0) is 36.1 Å². The Balaban J connectivity index is 1.96. The van der Waals surface area contributed by atoms with Crippen LogP contribution in [0.1, 0.15) is 45.1 Å². The monoisotopic (exact) mass is 409 g/mol. The van der Waals surface area contributed by atoms with Gasteiger partial charge in [0.1, 0.15) is 0 Å². The SMILES string of the molecule is CCCCNC(=O)CSc1nnc(-c2cccnc2)n1-c1ccccc1C(C)C. The number of carbonyl (C=O) groups excluding carboxylic acids is 1. The van der Waals surface area contributed by atoms with Crippen LogP contribution in [0.2, 0.25) is 0 Å². The number of rotatable bonds is 9. The van der Waals surface area contributed by atoms with Gasteiger partial charge in [-0.1, -0.05) is 57.2 Å². The van der Waals surface area contributed by atoms with Gasteiger partial charge < -0.3 is 5.32 Å². The molecule has 0 aliphatic carbocycles. The number of pyridine rings is 1. The van der Waals surface area contributed by atoms with E-state index in [9.17, 15) is 4.79 Å². The first-order chi connectivity index (χ1) is 14.1. The summed E-state index contributed by atoms with van der Waals surface area (Å²) in [6.45, 7) is 7.15. The number of nitrogens with zero attached hydrogens (tertiary/aromatic N) is 4. The Bertz CT molecular complexity index is 939.